The predicted molar refractivity (Wildman–Crippen MR) is 148 cm³/mol. The van der Waals surface area contributed by atoms with E-state index in [1.54, 1.807) is 60.7 Å². The number of carbonyl (C=O) groups excluding carboxylic acids is 2. The van der Waals surface area contributed by atoms with Crippen LogP contribution in [-0.4, -0.2) is 23.2 Å². The third-order valence-electron chi connectivity index (χ3n) is 5.94. The highest BCUT2D eigenvalue weighted by Crippen LogP contribution is 2.28. The van der Waals surface area contributed by atoms with E-state index < -0.39 is 23.3 Å². The molecule has 11 heteroatoms. The Morgan fingerprint density at radius 1 is 0.950 bits per heavy atom. The van der Waals surface area contributed by atoms with Crippen molar-refractivity contribution in [3.05, 3.63) is 84.4 Å². The second-order valence-corrected chi connectivity index (χ2v) is 10.2. The molecule has 0 spiro atoms. The number of aromatic nitrogens is 1. The number of alkyl halides is 3. The molecular formula is C29H27F3N3O4S+. The first kappa shape index (κ1) is 28.8. The lowest BCUT2D eigenvalue weighted by Gasteiger charge is -2.10. The molecule has 0 fully saturated rings. The van der Waals surface area contributed by atoms with Crippen LogP contribution in [0.3, 0.4) is 0 Å². The Morgan fingerprint density at radius 2 is 1.70 bits per heavy atom. The summed E-state index contributed by atoms with van der Waals surface area (Å²) in [6.07, 6.45) is -1.90. The topological polar surface area (TPSA) is 97.4 Å². The Hall–Kier alpha value is -4.25. The number of pyridine rings is 1. The van der Waals surface area contributed by atoms with Crippen molar-refractivity contribution in [2.24, 2.45) is 0 Å². The molecule has 1 unspecified atom stereocenters. The van der Waals surface area contributed by atoms with Crippen LogP contribution in [0.4, 0.5) is 18.9 Å². The van der Waals surface area contributed by atoms with Crippen LogP contribution >= 0.6 is 0 Å². The molecular weight excluding hydrogens is 543 g/mol. The van der Waals surface area contributed by atoms with Crippen LogP contribution in [0.1, 0.15) is 43.0 Å². The van der Waals surface area contributed by atoms with Gasteiger partial charge in [-0.15, -0.1) is 13.2 Å². The summed E-state index contributed by atoms with van der Waals surface area (Å²) in [7, 11) is -2.25. The largest absolute Gasteiger partial charge is 0.573 e. The van der Waals surface area contributed by atoms with E-state index in [2.05, 4.69) is 19.8 Å². The monoisotopic (exact) mass is 570 g/mol. The summed E-state index contributed by atoms with van der Waals surface area (Å²) in [6, 6.07) is 20.4. The molecule has 0 aliphatic heterocycles. The second kappa shape index (κ2) is 12.7. The van der Waals surface area contributed by atoms with E-state index >= 15 is 0 Å². The number of amides is 2. The number of thiol groups is 1. The molecule has 0 radical (unpaired) electrons. The molecule has 2 amide bonds. The number of para-hydroxylation sites is 1. The van der Waals surface area contributed by atoms with Gasteiger partial charge in [-0.2, -0.15) is 4.72 Å². The molecule has 2 N–H and O–H groups in total. The number of nitrogens with one attached hydrogen (secondary N) is 2. The number of hydrogen-bond donors (Lipinski definition) is 2. The average Bonchev–Trinajstić information content (AvgIpc) is 2.92. The van der Waals surface area contributed by atoms with Crippen LogP contribution in [-0.2, 0) is 20.0 Å². The van der Waals surface area contributed by atoms with Crippen LogP contribution in [0.5, 0.6) is 5.75 Å². The minimum Gasteiger partial charge on any atom is -0.406 e. The van der Waals surface area contributed by atoms with Crippen LogP contribution in [0.25, 0.3) is 22.2 Å². The van der Waals surface area contributed by atoms with Crippen molar-refractivity contribution in [1.29, 1.82) is 0 Å². The maximum Gasteiger partial charge on any atom is 0.573 e. The lowest BCUT2D eigenvalue weighted by atomic mass is 10.1. The lowest BCUT2D eigenvalue weighted by Crippen LogP contribution is -2.26. The van der Waals surface area contributed by atoms with Gasteiger partial charge in [-0.25, -0.2) is 4.98 Å². The lowest BCUT2D eigenvalue weighted by molar-refractivity contribution is -0.274. The van der Waals surface area contributed by atoms with Gasteiger partial charge in [-0.3, -0.25) is 9.59 Å². The van der Waals surface area contributed by atoms with E-state index in [1.165, 1.54) is 18.2 Å². The van der Waals surface area contributed by atoms with Gasteiger partial charge in [0.25, 0.3) is 11.8 Å². The van der Waals surface area contributed by atoms with Gasteiger partial charge in [0.2, 0.25) is 15.9 Å². The number of rotatable bonds is 10. The van der Waals surface area contributed by atoms with Gasteiger partial charge in [-0.1, -0.05) is 54.3 Å². The first-order valence-corrected chi connectivity index (χ1v) is 13.8. The zero-order chi connectivity index (χ0) is 28.7. The highest BCUT2D eigenvalue weighted by molar-refractivity contribution is 7.83. The van der Waals surface area contributed by atoms with E-state index in [4.69, 9.17) is 0 Å². The van der Waals surface area contributed by atoms with Crippen LogP contribution in [0.2, 0.25) is 0 Å². The van der Waals surface area contributed by atoms with Crippen molar-refractivity contribution < 1.29 is 31.7 Å². The minimum absolute atomic E-state index is 0.287. The van der Waals surface area contributed by atoms with E-state index in [0.717, 1.165) is 12.8 Å². The Kier molecular flexibility index (Phi) is 9.15. The molecule has 1 aromatic heterocycles. The van der Waals surface area contributed by atoms with E-state index in [-0.39, 0.29) is 18.1 Å². The van der Waals surface area contributed by atoms with Crippen molar-refractivity contribution in [2.75, 3.05) is 5.32 Å². The standard InChI is InChI=1S/C29H26F3N3O4S/c1-2-3-4-9-27(36)35-40(38)26-8-6-5-7-25(26)34-28(37)20-12-10-19(11-13-20)23-16-14-21-18-22(39-29(30,31)32)15-17-24(21)33-23/h5-8,10-18H,2-4,9H2,1H3,(H,34,37)(H,35,36,38)/p+1. The fraction of sp³-hybridized carbons (Fsp3) is 0.207. The van der Waals surface area contributed by atoms with Gasteiger partial charge in [0.15, 0.2) is 0 Å². The summed E-state index contributed by atoms with van der Waals surface area (Å²) in [5, 5.41) is 3.24. The van der Waals surface area contributed by atoms with Crippen molar-refractivity contribution in [3.63, 3.8) is 0 Å². The zero-order valence-corrected chi connectivity index (χ0v) is 22.4. The zero-order valence-electron chi connectivity index (χ0n) is 21.5. The Balaban J connectivity index is 1.44. The third-order valence-corrected chi connectivity index (χ3v) is 7.22. The number of hydrogen-bond acceptors (Lipinski definition) is 5. The van der Waals surface area contributed by atoms with Crippen molar-refractivity contribution in [3.8, 4) is 17.0 Å². The fourth-order valence-electron chi connectivity index (χ4n) is 3.97. The molecule has 0 aliphatic carbocycles. The molecule has 1 heterocycles. The van der Waals surface area contributed by atoms with E-state index in [9.17, 15) is 27.0 Å². The molecule has 1 atom stereocenters. The number of ether oxygens (including phenoxy) is 1. The summed E-state index contributed by atoms with van der Waals surface area (Å²) in [6.45, 7) is 2.03. The summed E-state index contributed by atoms with van der Waals surface area (Å²) < 4.78 is 56.8. The number of benzene rings is 3. The number of carbonyl (C=O) groups is 2. The third kappa shape index (κ3) is 7.66. The summed E-state index contributed by atoms with van der Waals surface area (Å²) in [4.78, 5) is 29.9. The van der Waals surface area contributed by atoms with Crippen LogP contribution in [0.15, 0.2) is 83.8 Å². The molecule has 4 rings (SSSR count). The van der Waals surface area contributed by atoms with Gasteiger partial charge in [-0.05, 0) is 55.0 Å². The summed E-state index contributed by atoms with van der Waals surface area (Å²) >= 11 is 0. The maximum absolute atomic E-state index is 12.9. The van der Waals surface area contributed by atoms with Crippen LogP contribution in [0, 0.1) is 0 Å². The number of nitrogens with zero attached hydrogens (tertiary/aromatic N) is 1. The van der Waals surface area contributed by atoms with E-state index in [0.29, 0.717) is 44.7 Å². The normalized spacial score (nSPS) is 12.1. The minimum atomic E-state index is -4.78. The molecule has 208 valence electrons. The molecule has 40 heavy (non-hydrogen) atoms. The number of fused-ring (bicyclic) bond motifs is 1. The number of unbranched alkanes of at least 4 members (excludes halogenated alkanes) is 2. The molecule has 0 bridgehead atoms. The fourth-order valence-corrected chi connectivity index (χ4v) is 5.00. The highest BCUT2D eigenvalue weighted by atomic mass is 32.2. The molecule has 0 saturated carbocycles. The molecule has 7 nitrogen and oxygen atoms in total. The van der Waals surface area contributed by atoms with Crippen molar-refractivity contribution in [2.45, 2.75) is 43.9 Å². The first-order chi connectivity index (χ1) is 19.1. The second-order valence-electron chi connectivity index (χ2n) is 8.93. The van der Waals surface area contributed by atoms with Gasteiger partial charge in [0.05, 0.1) is 16.9 Å². The van der Waals surface area contributed by atoms with Gasteiger partial charge >= 0.3 is 6.36 Å². The molecule has 0 saturated heterocycles. The van der Waals surface area contributed by atoms with E-state index in [1.807, 2.05) is 6.92 Å². The molecule has 0 aliphatic rings. The quantitative estimate of drug-likeness (QED) is 0.125. The van der Waals surface area contributed by atoms with Crippen molar-refractivity contribution >= 4 is 39.4 Å². The smallest absolute Gasteiger partial charge is 0.406 e. The Morgan fingerprint density at radius 3 is 2.42 bits per heavy atom. The van der Waals surface area contributed by atoms with Gasteiger partial charge in [0, 0.05) is 22.9 Å². The summed E-state index contributed by atoms with van der Waals surface area (Å²) in [5.74, 6) is -1.06. The maximum atomic E-state index is 12.9. The molecule has 4 aromatic rings. The van der Waals surface area contributed by atoms with Gasteiger partial charge in [0.1, 0.15) is 5.75 Å². The highest BCUT2D eigenvalue weighted by Gasteiger charge is 2.31. The number of anilines is 1. The predicted octanol–water partition coefficient (Wildman–Crippen LogP) is 6.72. The first-order valence-electron chi connectivity index (χ1n) is 12.6. The summed E-state index contributed by atoms with van der Waals surface area (Å²) in [5.41, 5.74) is 2.42. The average molecular weight is 571 g/mol. The Bertz CT molecular complexity index is 1540. The van der Waals surface area contributed by atoms with Crippen molar-refractivity contribution in [1.82, 2.24) is 9.71 Å². The van der Waals surface area contributed by atoms with Gasteiger partial charge < -0.3 is 10.1 Å². The SMILES string of the molecule is CCCCCC(=O)N[SH+](=O)c1ccccc1NC(=O)c1ccc(-c2ccc3cc(OC(F)(F)F)ccc3n2)cc1. The molecule has 3 aromatic carbocycles. The van der Waals surface area contributed by atoms with Crippen LogP contribution < -0.4 is 14.8 Å². The number of halogens is 3. The Labute approximate surface area is 231 Å².